The van der Waals surface area contributed by atoms with Gasteiger partial charge in [-0.15, -0.1) is 45.9 Å². The van der Waals surface area contributed by atoms with Gasteiger partial charge in [-0.25, -0.2) is 0 Å². The maximum absolute atomic E-state index is 6.07. The zero-order valence-electron chi connectivity index (χ0n) is 39.3. The predicted octanol–water partition coefficient (Wildman–Crippen LogP) is 8.00. The van der Waals surface area contributed by atoms with Crippen molar-refractivity contribution in [2.75, 3.05) is 108 Å². The van der Waals surface area contributed by atoms with Gasteiger partial charge in [0, 0.05) is 111 Å². The van der Waals surface area contributed by atoms with Gasteiger partial charge in [0.15, 0.2) is 16.9 Å². The van der Waals surface area contributed by atoms with Crippen LogP contribution in [0.15, 0.2) is 165 Å². The van der Waals surface area contributed by atoms with Gasteiger partial charge in [-0.05, 0) is 91.0 Å². The molecule has 0 amide bonds. The first-order valence-electron chi connectivity index (χ1n) is 23.7. The van der Waals surface area contributed by atoms with Gasteiger partial charge in [0.05, 0.1) is 0 Å². The number of fused-ring (bicyclic) bond motifs is 3. The number of benzene rings is 4. The number of rotatable bonds is 6. The molecule has 0 radical (unpaired) electrons. The number of hydrogen-bond donors (Lipinski definition) is 0. The van der Waals surface area contributed by atoms with Gasteiger partial charge in [-0.1, -0.05) is 89.4 Å². The van der Waals surface area contributed by atoms with E-state index in [1.54, 1.807) is 32.5 Å². The third-order valence-electron chi connectivity index (χ3n) is 12.4. The van der Waals surface area contributed by atoms with Gasteiger partial charge in [0.1, 0.15) is 36.4 Å². The predicted molar refractivity (Wildman–Crippen MR) is 286 cm³/mol. The Kier molecular flexibility index (Phi) is 15.3. The van der Waals surface area contributed by atoms with Gasteiger partial charge in [-0.2, -0.15) is 13.5 Å². The maximum atomic E-state index is 6.07. The molecule has 0 spiro atoms. The molecule has 0 unspecified atom stereocenters. The summed E-state index contributed by atoms with van der Waals surface area (Å²) >= 11 is 18.2. The van der Waals surface area contributed by atoms with E-state index < -0.39 is 0 Å². The van der Waals surface area contributed by atoms with Crippen LogP contribution in [0.4, 0.5) is 34.5 Å². The van der Waals surface area contributed by atoms with Crippen LogP contribution in [0.25, 0.3) is 16.9 Å². The topological polar surface area (TPSA) is 149 Å². The first kappa shape index (κ1) is 47.9. The minimum absolute atomic E-state index is 0.765. The van der Waals surface area contributed by atoms with Crippen LogP contribution in [0.5, 0.6) is 0 Å². The van der Waals surface area contributed by atoms with Crippen LogP contribution in [0.2, 0.25) is 15.1 Å². The molecule has 18 nitrogen and oxygen atoms in total. The molecule has 4 aromatic carbocycles. The van der Waals surface area contributed by atoms with Gasteiger partial charge < -0.3 is 29.4 Å². The Labute approximate surface area is 431 Å². The standard InChI is InChI=1S/3C15H15ClN6.C6H6/c3*16-12-2-1-3-13(10-12)20-6-8-21(9-7-20)15-5-4-14-18-17-11-22(14)19-15;1-2-4-6-5-3-1/h3*1-5,10-11H,6-9H2;1-6H. The molecule has 0 bridgehead atoms. The summed E-state index contributed by atoms with van der Waals surface area (Å²) in [6, 6.07) is 47.8. The van der Waals surface area contributed by atoms with Gasteiger partial charge in [-0.3, -0.25) is 0 Å². The third kappa shape index (κ3) is 12.0. The van der Waals surface area contributed by atoms with E-state index in [0.29, 0.717) is 0 Å². The average Bonchev–Trinajstić information content (AvgIpc) is 4.24. The SMILES string of the molecule is Clc1cccc(N2CCN(c3ccc4nncn4n3)CC2)c1.Clc1cccc(N2CCN(c3ccc4nncn4n3)CC2)c1.Clc1cccc(N2CCN(c3ccc4nncn4n3)CC2)c1.c1ccccc1. The fraction of sp³-hybridized carbons (Fsp3) is 0.235. The molecule has 9 heterocycles. The molecular weight excluding hydrogens is 971 g/mol. The Bertz CT molecular complexity index is 2940. The number of anilines is 6. The van der Waals surface area contributed by atoms with E-state index in [0.717, 1.165) is 128 Å². The van der Waals surface area contributed by atoms with E-state index in [2.05, 4.69) is 93.5 Å². The van der Waals surface area contributed by atoms with E-state index in [1.165, 1.54) is 17.1 Å². The number of piperazine rings is 3. The second-order valence-electron chi connectivity index (χ2n) is 17.0. The molecule has 10 aromatic rings. The molecule has 0 saturated carbocycles. The third-order valence-corrected chi connectivity index (χ3v) is 13.1. The van der Waals surface area contributed by atoms with E-state index >= 15 is 0 Å². The first-order valence-corrected chi connectivity index (χ1v) is 24.8. The van der Waals surface area contributed by atoms with Crippen LogP contribution < -0.4 is 29.4 Å². The second kappa shape index (κ2) is 23.0. The maximum Gasteiger partial charge on any atom is 0.177 e. The minimum atomic E-state index is 0.765. The molecule has 6 aromatic heterocycles. The Hall–Kier alpha value is -7.80. The molecule has 13 rings (SSSR count). The second-order valence-corrected chi connectivity index (χ2v) is 18.3. The van der Waals surface area contributed by atoms with Crippen LogP contribution in [-0.2, 0) is 0 Å². The summed E-state index contributed by atoms with van der Waals surface area (Å²) in [5, 5.41) is 39.5. The summed E-state index contributed by atoms with van der Waals surface area (Å²) < 4.78 is 5.12. The highest BCUT2D eigenvalue weighted by Gasteiger charge is 2.22. The minimum Gasteiger partial charge on any atom is -0.368 e. The molecule has 0 aliphatic carbocycles. The molecule has 3 fully saturated rings. The number of halogens is 3. The molecule has 3 aliphatic rings. The smallest absolute Gasteiger partial charge is 0.177 e. The fourth-order valence-electron chi connectivity index (χ4n) is 8.65. The summed E-state index contributed by atoms with van der Waals surface area (Å²) in [5.41, 5.74) is 5.82. The molecular formula is C51H51Cl3N18. The normalized spacial score (nSPS) is 14.9. The fourth-order valence-corrected chi connectivity index (χ4v) is 9.20. The van der Waals surface area contributed by atoms with Crippen molar-refractivity contribution in [1.29, 1.82) is 0 Å². The molecule has 0 atom stereocenters. The molecule has 3 saturated heterocycles. The molecule has 72 heavy (non-hydrogen) atoms. The highest BCUT2D eigenvalue weighted by Crippen LogP contribution is 2.25. The van der Waals surface area contributed by atoms with Gasteiger partial charge in [0.25, 0.3) is 0 Å². The molecule has 3 aliphatic heterocycles. The molecule has 366 valence electrons. The van der Waals surface area contributed by atoms with Crippen molar-refractivity contribution in [2.24, 2.45) is 0 Å². The Morgan fingerprint density at radius 1 is 0.292 bits per heavy atom. The zero-order valence-corrected chi connectivity index (χ0v) is 41.5. The summed E-state index contributed by atoms with van der Waals surface area (Å²) in [6.45, 7) is 11.2. The van der Waals surface area contributed by atoms with Crippen molar-refractivity contribution in [2.45, 2.75) is 0 Å². The van der Waals surface area contributed by atoms with Crippen LogP contribution in [0, 0.1) is 0 Å². The lowest BCUT2D eigenvalue weighted by atomic mass is 10.2. The van der Waals surface area contributed by atoms with Crippen molar-refractivity contribution in [3.8, 4) is 0 Å². The summed E-state index contributed by atoms with van der Waals surface area (Å²) in [5.74, 6) is 2.87. The van der Waals surface area contributed by atoms with Gasteiger partial charge in [0.2, 0.25) is 0 Å². The Balaban J connectivity index is 0.000000117. The van der Waals surface area contributed by atoms with Crippen molar-refractivity contribution in [1.82, 2.24) is 59.4 Å². The molecule has 0 N–H and O–H groups in total. The number of nitrogens with zero attached hydrogens (tertiary/aromatic N) is 18. The lowest BCUT2D eigenvalue weighted by Gasteiger charge is -2.36. The highest BCUT2D eigenvalue weighted by atomic mass is 35.5. The number of aromatic nitrogens is 12. The lowest BCUT2D eigenvalue weighted by Crippen LogP contribution is -2.46. The van der Waals surface area contributed by atoms with Crippen LogP contribution in [-0.4, -0.2) is 138 Å². The summed E-state index contributed by atoms with van der Waals surface area (Å²) in [6.07, 6.45) is 4.88. The van der Waals surface area contributed by atoms with E-state index in [-0.39, 0.29) is 0 Å². The zero-order chi connectivity index (χ0) is 49.1. The van der Waals surface area contributed by atoms with E-state index in [9.17, 15) is 0 Å². The van der Waals surface area contributed by atoms with Crippen molar-refractivity contribution in [3.05, 3.63) is 180 Å². The first-order chi connectivity index (χ1) is 35.4. The van der Waals surface area contributed by atoms with Crippen molar-refractivity contribution >= 4 is 86.3 Å². The largest absolute Gasteiger partial charge is 0.368 e. The van der Waals surface area contributed by atoms with Crippen LogP contribution in [0.3, 0.4) is 0 Å². The molecule has 21 heteroatoms. The average molecular weight is 1020 g/mol. The lowest BCUT2D eigenvalue weighted by molar-refractivity contribution is 0.641. The van der Waals surface area contributed by atoms with Crippen molar-refractivity contribution < 1.29 is 0 Å². The van der Waals surface area contributed by atoms with Crippen LogP contribution >= 0.6 is 34.8 Å². The van der Waals surface area contributed by atoms with Crippen LogP contribution in [0.1, 0.15) is 0 Å². The Morgan fingerprint density at radius 2 is 0.556 bits per heavy atom. The monoisotopic (exact) mass is 1020 g/mol. The van der Waals surface area contributed by atoms with E-state index in [1.807, 2.05) is 127 Å². The van der Waals surface area contributed by atoms with Crippen molar-refractivity contribution in [3.63, 3.8) is 0 Å². The number of hydrogen-bond acceptors (Lipinski definition) is 15. The Morgan fingerprint density at radius 3 is 0.819 bits per heavy atom. The highest BCUT2D eigenvalue weighted by molar-refractivity contribution is 6.31. The quantitative estimate of drug-likeness (QED) is 0.158. The summed E-state index contributed by atoms with van der Waals surface area (Å²) in [4.78, 5) is 13.9. The van der Waals surface area contributed by atoms with Gasteiger partial charge >= 0.3 is 0 Å². The van der Waals surface area contributed by atoms with E-state index in [4.69, 9.17) is 34.8 Å². The summed E-state index contributed by atoms with van der Waals surface area (Å²) in [7, 11) is 0.